The molecular weight excluding hydrogens is 238 g/mol. The van der Waals surface area contributed by atoms with Crippen LogP contribution in [0.4, 0.5) is 0 Å². The smallest absolute Gasteiger partial charge is 0.250 e. The van der Waals surface area contributed by atoms with Crippen LogP contribution in [0.2, 0.25) is 0 Å². The largest absolute Gasteiger partial charge is 0.392 e. The number of rotatable bonds is 6. The fraction of sp³-hybridized carbons (Fsp3) is 0.500. The third-order valence-electron chi connectivity index (χ3n) is 1.68. The molecule has 5 nitrogen and oxygen atoms in total. The van der Waals surface area contributed by atoms with Gasteiger partial charge in [0.15, 0.2) is 0 Å². The van der Waals surface area contributed by atoms with Crippen molar-refractivity contribution in [3.05, 3.63) is 17.0 Å². The Kier molecular flexibility index (Phi) is 4.68. The number of aliphatic hydroxyl groups excluding tert-OH is 1. The molecule has 1 aromatic heterocycles. The van der Waals surface area contributed by atoms with Crippen LogP contribution in [-0.4, -0.2) is 33.8 Å². The Bertz CT molecular complexity index is 399. The van der Waals surface area contributed by atoms with E-state index in [1.54, 1.807) is 5.38 Å². The van der Waals surface area contributed by atoms with Crippen LogP contribution < -0.4 is 4.72 Å². The van der Waals surface area contributed by atoms with Crippen molar-refractivity contribution in [3.63, 3.8) is 0 Å². The minimum atomic E-state index is -3.44. The molecular formula is C8H13NO4S2. The van der Waals surface area contributed by atoms with E-state index in [2.05, 4.69) is 4.72 Å². The fourth-order valence-electron chi connectivity index (χ4n) is 0.926. The summed E-state index contributed by atoms with van der Waals surface area (Å²) < 4.78 is 30.5. The van der Waals surface area contributed by atoms with E-state index in [1.165, 1.54) is 13.2 Å². The predicted molar refractivity (Wildman–Crippen MR) is 57.3 cm³/mol. The number of hydrogen-bond donors (Lipinski definition) is 2. The average Bonchev–Trinajstić information content (AvgIpc) is 2.66. The van der Waals surface area contributed by atoms with E-state index in [0.717, 1.165) is 11.3 Å². The maximum Gasteiger partial charge on any atom is 0.250 e. The molecule has 0 saturated heterocycles. The van der Waals surface area contributed by atoms with Crippen molar-refractivity contribution in [1.29, 1.82) is 0 Å². The third-order valence-corrected chi connectivity index (χ3v) is 4.62. The van der Waals surface area contributed by atoms with Crippen molar-refractivity contribution in [2.24, 2.45) is 0 Å². The van der Waals surface area contributed by atoms with Crippen LogP contribution >= 0.6 is 11.3 Å². The molecule has 0 amide bonds. The van der Waals surface area contributed by atoms with E-state index >= 15 is 0 Å². The van der Waals surface area contributed by atoms with Crippen LogP contribution in [0.15, 0.2) is 15.7 Å². The quantitative estimate of drug-likeness (QED) is 0.706. The summed E-state index contributed by atoms with van der Waals surface area (Å²) in [5.41, 5.74) is 0.604. The lowest BCUT2D eigenvalue weighted by molar-refractivity contribution is 0.204. The number of ether oxygens (including phenoxy) is 1. The molecule has 0 atom stereocenters. The van der Waals surface area contributed by atoms with Gasteiger partial charge in [0.1, 0.15) is 4.21 Å². The number of thiophene rings is 1. The van der Waals surface area contributed by atoms with E-state index in [9.17, 15) is 8.42 Å². The summed E-state index contributed by atoms with van der Waals surface area (Å²) in [6.45, 7) is 0.423. The Morgan fingerprint density at radius 1 is 1.60 bits per heavy atom. The van der Waals surface area contributed by atoms with Crippen molar-refractivity contribution in [2.75, 3.05) is 20.3 Å². The van der Waals surface area contributed by atoms with E-state index < -0.39 is 10.0 Å². The summed E-state index contributed by atoms with van der Waals surface area (Å²) in [6, 6.07) is 1.46. The zero-order chi connectivity index (χ0) is 11.3. The van der Waals surface area contributed by atoms with Gasteiger partial charge in [-0.15, -0.1) is 11.3 Å². The highest BCUT2D eigenvalue weighted by molar-refractivity contribution is 7.91. The van der Waals surface area contributed by atoms with E-state index in [1.807, 2.05) is 0 Å². The topological polar surface area (TPSA) is 75.6 Å². The second-order valence-electron chi connectivity index (χ2n) is 2.82. The summed E-state index contributed by atoms with van der Waals surface area (Å²) in [5, 5.41) is 10.4. The SMILES string of the molecule is COCCNS(=O)(=O)c1cc(CO)cs1. The highest BCUT2D eigenvalue weighted by Crippen LogP contribution is 2.19. The molecule has 2 N–H and O–H groups in total. The molecule has 0 aliphatic rings. The Balaban J connectivity index is 2.68. The zero-order valence-electron chi connectivity index (χ0n) is 8.26. The van der Waals surface area contributed by atoms with Crippen LogP contribution in [-0.2, 0) is 21.4 Å². The second-order valence-corrected chi connectivity index (χ2v) is 5.73. The summed E-state index contributed by atoms with van der Waals surface area (Å²) in [4.78, 5) is 0. The van der Waals surface area contributed by atoms with Gasteiger partial charge in [0.05, 0.1) is 13.2 Å². The van der Waals surface area contributed by atoms with E-state index in [-0.39, 0.29) is 17.4 Å². The maximum atomic E-state index is 11.6. The van der Waals surface area contributed by atoms with Gasteiger partial charge in [-0.2, -0.15) is 0 Å². The number of methoxy groups -OCH3 is 1. The Labute approximate surface area is 92.7 Å². The first kappa shape index (κ1) is 12.6. The van der Waals surface area contributed by atoms with Gasteiger partial charge < -0.3 is 9.84 Å². The maximum absolute atomic E-state index is 11.6. The Morgan fingerprint density at radius 3 is 2.87 bits per heavy atom. The molecule has 0 aliphatic heterocycles. The molecule has 1 aromatic rings. The summed E-state index contributed by atoms with van der Waals surface area (Å²) in [6.07, 6.45) is 0. The van der Waals surface area contributed by atoms with Crippen LogP contribution in [0.3, 0.4) is 0 Å². The molecule has 15 heavy (non-hydrogen) atoms. The minimum absolute atomic E-state index is 0.149. The van der Waals surface area contributed by atoms with Gasteiger partial charge in [0.25, 0.3) is 0 Å². The fourth-order valence-corrected chi connectivity index (χ4v) is 3.18. The molecule has 0 unspecified atom stereocenters. The number of hydrogen-bond acceptors (Lipinski definition) is 5. The first-order valence-electron chi connectivity index (χ1n) is 4.27. The average molecular weight is 251 g/mol. The molecule has 7 heteroatoms. The number of nitrogens with one attached hydrogen (secondary N) is 1. The summed E-state index contributed by atoms with van der Waals surface area (Å²) in [5.74, 6) is 0. The molecule has 1 rings (SSSR count). The van der Waals surface area contributed by atoms with Crippen molar-refractivity contribution in [2.45, 2.75) is 10.8 Å². The zero-order valence-corrected chi connectivity index (χ0v) is 9.90. The van der Waals surface area contributed by atoms with Crippen molar-refractivity contribution in [3.8, 4) is 0 Å². The monoisotopic (exact) mass is 251 g/mol. The van der Waals surface area contributed by atoms with Gasteiger partial charge in [0, 0.05) is 13.7 Å². The van der Waals surface area contributed by atoms with Gasteiger partial charge in [0.2, 0.25) is 10.0 Å². The molecule has 0 spiro atoms. The van der Waals surface area contributed by atoms with Crippen LogP contribution in [0.1, 0.15) is 5.56 Å². The Morgan fingerprint density at radius 2 is 2.33 bits per heavy atom. The lowest BCUT2D eigenvalue weighted by atomic mass is 10.4. The molecule has 0 aromatic carbocycles. The third kappa shape index (κ3) is 3.54. The first-order valence-corrected chi connectivity index (χ1v) is 6.63. The predicted octanol–water partition coefficient (Wildman–Crippen LogP) is 0.165. The molecule has 0 radical (unpaired) electrons. The molecule has 0 aliphatic carbocycles. The van der Waals surface area contributed by atoms with Gasteiger partial charge >= 0.3 is 0 Å². The lowest BCUT2D eigenvalue weighted by Gasteiger charge is -2.02. The van der Waals surface area contributed by atoms with Crippen molar-refractivity contribution >= 4 is 21.4 Å². The molecule has 0 fully saturated rings. The van der Waals surface area contributed by atoms with Gasteiger partial charge in [-0.3, -0.25) is 0 Å². The molecule has 0 bridgehead atoms. The summed E-state index contributed by atoms with van der Waals surface area (Å²) in [7, 11) is -1.94. The van der Waals surface area contributed by atoms with Crippen molar-refractivity contribution < 1.29 is 18.3 Å². The Hall–Kier alpha value is -0.470. The normalized spacial score (nSPS) is 11.9. The number of aliphatic hydroxyl groups is 1. The molecule has 0 saturated carbocycles. The molecule has 86 valence electrons. The second kappa shape index (κ2) is 5.57. The van der Waals surface area contributed by atoms with E-state index in [0.29, 0.717) is 12.2 Å². The van der Waals surface area contributed by atoms with Crippen LogP contribution in [0, 0.1) is 0 Å². The van der Waals surface area contributed by atoms with Gasteiger partial charge in [-0.05, 0) is 17.0 Å². The highest BCUT2D eigenvalue weighted by Gasteiger charge is 2.15. The standard InChI is InChI=1S/C8H13NO4S2/c1-13-3-2-9-15(11,12)8-4-7(5-10)6-14-8/h4,6,9-10H,2-3,5H2,1H3. The van der Waals surface area contributed by atoms with Gasteiger partial charge in [-0.25, -0.2) is 13.1 Å². The van der Waals surface area contributed by atoms with Crippen molar-refractivity contribution in [1.82, 2.24) is 4.72 Å². The lowest BCUT2D eigenvalue weighted by Crippen LogP contribution is -2.26. The first-order chi connectivity index (χ1) is 7.10. The van der Waals surface area contributed by atoms with Gasteiger partial charge in [-0.1, -0.05) is 0 Å². The summed E-state index contributed by atoms with van der Waals surface area (Å²) >= 11 is 1.09. The number of sulfonamides is 1. The van der Waals surface area contributed by atoms with Crippen LogP contribution in [0.5, 0.6) is 0 Å². The minimum Gasteiger partial charge on any atom is -0.392 e. The molecule has 1 heterocycles. The van der Waals surface area contributed by atoms with E-state index in [4.69, 9.17) is 9.84 Å². The highest BCUT2D eigenvalue weighted by atomic mass is 32.2. The van der Waals surface area contributed by atoms with Crippen LogP contribution in [0.25, 0.3) is 0 Å².